The highest BCUT2D eigenvalue weighted by atomic mass is 16.6. The smallest absolute Gasteiger partial charge is 0.410 e. The minimum absolute atomic E-state index is 0.166. The highest BCUT2D eigenvalue weighted by molar-refractivity contribution is 5.69. The van der Waals surface area contributed by atoms with Gasteiger partial charge in [0.1, 0.15) is 5.60 Å². The van der Waals surface area contributed by atoms with Crippen molar-refractivity contribution in [2.45, 2.75) is 45.8 Å². The number of aromatic nitrogens is 1. The Hall–Kier alpha value is -2.18. The van der Waals surface area contributed by atoms with Crippen LogP contribution in [0.25, 0.3) is 0 Å². The number of hydrogen-bond acceptors (Lipinski definition) is 6. The molecule has 1 saturated heterocycles. The van der Waals surface area contributed by atoms with Crippen LogP contribution in [0.5, 0.6) is 0 Å². The molecule has 0 aliphatic carbocycles. The van der Waals surface area contributed by atoms with Crippen LogP contribution in [0, 0.1) is 4.91 Å². The van der Waals surface area contributed by atoms with E-state index in [1.54, 1.807) is 17.2 Å². The first-order valence-corrected chi connectivity index (χ1v) is 7.67. The van der Waals surface area contributed by atoms with Gasteiger partial charge in [-0.2, -0.15) is 0 Å². The standard InChI is InChI=1S/C16H24N4O3/c1-15(2,3)23-14(21)19-8-9-20(16(4,5)11-19)12-6-7-13(18-22)17-10-12/h6-7,10H,8-9,11H2,1-5H3. The van der Waals surface area contributed by atoms with Gasteiger partial charge in [0.25, 0.3) is 0 Å². The van der Waals surface area contributed by atoms with Crippen LogP contribution in [0.2, 0.25) is 0 Å². The van der Waals surface area contributed by atoms with Crippen molar-refractivity contribution in [2.24, 2.45) is 5.18 Å². The largest absolute Gasteiger partial charge is 0.444 e. The maximum atomic E-state index is 12.3. The van der Waals surface area contributed by atoms with Crippen LogP contribution in [-0.4, -0.2) is 46.8 Å². The SMILES string of the molecule is CC(C)(C)OC(=O)N1CCN(c2ccc(N=O)nc2)C(C)(C)C1. The lowest BCUT2D eigenvalue weighted by molar-refractivity contribution is 0.0179. The predicted octanol–water partition coefficient (Wildman–Crippen LogP) is 3.32. The number of carbonyl (C=O) groups excluding carboxylic acids is 1. The molecule has 1 aliphatic heterocycles. The first-order chi connectivity index (χ1) is 10.6. The molecule has 1 amide bonds. The van der Waals surface area contributed by atoms with Gasteiger partial charge in [0, 0.05) is 19.6 Å². The van der Waals surface area contributed by atoms with Crippen LogP contribution in [0.15, 0.2) is 23.5 Å². The first kappa shape index (κ1) is 17.2. The summed E-state index contributed by atoms with van der Waals surface area (Å²) in [5.74, 6) is 0.166. The number of anilines is 1. The zero-order valence-corrected chi connectivity index (χ0v) is 14.4. The van der Waals surface area contributed by atoms with Crippen molar-refractivity contribution in [1.82, 2.24) is 9.88 Å². The summed E-state index contributed by atoms with van der Waals surface area (Å²) in [4.78, 5) is 30.6. The van der Waals surface area contributed by atoms with Crippen molar-refractivity contribution in [3.05, 3.63) is 23.2 Å². The van der Waals surface area contributed by atoms with Crippen molar-refractivity contribution in [3.8, 4) is 0 Å². The number of hydrogen-bond donors (Lipinski definition) is 0. The van der Waals surface area contributed by atoms with Crippen LogP contribution < -0.4 is 4.90 Å². The second-order valence-corrected chi connectivity index (χ2v) is 7.33. The molecule has 0 radical (unpaired) electrons. The molecule has 126 valence electrons. The van der Waals surface area contributed by atoms with Gasteiger partial charge in [-0.15, -0.1) is 4.91 Å². The lowest BCUT2D eigenvalue weighted by Crippen LogP contribution is -2.61. The number of pyridine rings is 1. The minimum Gasteiger partial charge on any atom is -0.444 e. The molecule has 1 fully saturated rings. The summed E-state index contributed by atoms with van der Waals surface area (Å²) in [6.45, 7) is 11.5. The lowest BCUT2D eigenvalue weighted by Gasteiger charge is -2.48. The van der Waals surface area contributed by atoms with E-state index in [1.165, 1.54) is 0 Å². The highest BCUT2D eigenvalue weighted by Crippen LogP contribution is 2.29. The van der Waals surface area contributed by atoms with Crippen molar-refractivity contribution in [1.29, 1.82) is 0 Å². The fourth-order valence-corrected chi connectivity index (χ4v) is 2.71. The van der Waals surface area contributed by atoms with E-state index in [9.17, 15) is 9.70 Å². The molecule has 7 heteroatoms. The Morgan fingerprint density at radius 1 is 1.30 bits per heavy atom. The first-order valence-electron chi connectivity index (χ1n) is 7.67. The third-order valence-electron chi connectivity index (χ3n) is 3.69. The van der Waals surface area contributed by atoms with E-state index in [0.29, 0.717) is 19.6 Å². The van der Waals surface area contributed by atoms with Crippen molar-refractivity contribution >= 4 is 17.6 Å². The molecule has 1 aromatic rings. The summed E-state index contributed by atoms with van der Waals surface area (Å²) >= 11 is 0. The number of nitrogens with zero attached hydrogens (tertiary/aromatic N) is 4. The summed E-state index contributed by atoms with van der Waals surface area (Å²) in [6.07, 6.45) is 1.35. The molecular weight excluding hydrogens is 296 g/mol. The maximum absolute atomic E-state index is 12.3. The van der Waals surface area contributed by atoms with Crippen molar-refractivity contribution in [3.63, 3.8) is 0 Å². The van der Waals surface area contributed by atoms with E-state index in [4.69, 9.17) is 4.74 Å². The summed E-state index contributed by atoms with van der Waals surface area (Å²) in [5, 5.41) is 2.81. The van der Waals surface area contributed by atoms with Gasteiger partial charge < -0.3 is 14.5 Å². The average Bonchev–Trinajstić information content (AvgIpc) is 2.44. The van der Waals surface area contributed by atoms with E-state index in [-0.39, 0.29) is 17.5 Å². The number of nitroso groups, excluding NO2 is 1. The highest BCUT2D eigenvalue weighted by Gasteiger charge is 2.37. The fraction of sp³-hybridized carbons (Fsp3) is 0.625. The number of rotatable bonds is 2. The molecule has 0 atom stereocenters. The lowest BCUT2D eigenvalue weighted by atomic mass is 9.98. The Morgan fingerprint density at radius 3 is 2.48 bits per heavy atom. The van der Waals surface area contributed by atoms with Gasteiger partial charge in [0.2, 0.25) is 0 Å². The average molecular weight is 320 g/mol. The van der Waals surface area contributed by atoms with Crippen LogP contribution in [0.1, 0.15) is 34.6 Å². The van der Waals surface area contributed by atoms with Gasteiger partial charge in [-0.3, -0.25) is 0 Å². The molecule has 23 heavy (non-hydrogen) atoms. The third-order valence-corrected chi connectivity index (χ3v) is 3.69. The molecule has 1 aliphatic rings. The van der Waals surface area contributed by atoms with E-state index < -0.39 is 5.60 Å². The summed E-state index contributed by atoms with van der Waals surface area (Å²) < 4.78 is 5.45. The van der Waals surface area contributed by atoms with Gasteiger partial charge in [0.15, 0.2) is 5.82 Å². The predicted molar refractivity (Wildman–Crippen MR) is 88.9 cm³/mol. The van der Waals surface area contributed by atoms with Gasteiger partial charge in [0.05, 0.1) is 17.4 Å². The van der Waals surface area contributed by atoms with Crippen LogP contribution in [-0.2, 0) is 4.74 Å². The topological polar surface area (TPSA) is 75.1 Å². The maximum Gasteiger partial charge on any atom is 0.410 e. The normalized spacial score (nSPS) is 17.8. The molecule has 0 saturated carbocycles. The molecule has 2 heterocycles. The minimum atomic E-state index is -0.500. The molecular formula is C16H24N4O3. The zero-order valence-electron chi connectivity index (χ0n) is 14.4. The molecule has 0 bridgehead atoms. The summed E-state index contributed by atoms with van der Waals surface area (Å²) in [6, 6.07) is 3.42. The van der Waals surface area contributed by atoms with E-state index in [1.807, 2.05) is 26.8 Å². The van der Waals surface area contributed by atoms with Gasteiger partial charge in [-0.1, -0.05) is 0 Å². The fourth-order valence-electron chi connectivity index (χ4n) is 2.71. The van der Waals surface area contributed by atoms with Crippen LogP contribution in [0.4, 0.5) is 16.3 Å². The molecule has 2 rings (SSSR count). The second kappa shape index (κ2) is 6.14. The van der Waals surface area contributed by atoms with Crippen LogP contribution in [0.3, 0.4) is 0 Å². The Labute approximate surface area is 136 Å². The monoisotopic (exact) mass is 320 g/mol. The Balaban J connectivity index is 2.10. The van der Waals surface area contributed by atoms with Crippen molar-refractivity contribution < 1.29 is 9.53 Å². The van der Waals surface area contributed by atoms with Crippen molar-refractivity contribution in [2.75, 3.05) is 24.5 Å². The summed E-state index contributed by atoms with van der Waals surface area (Å²) in [5.41, 5.74) is 0.138. The second-order valence-electron chi connectivity index (χ2n) is 7.33. The van der Waals surface area contributed by atoms with E-state index in [2.05, 4.69) is 28.9 Å². The van der Waals surface area contributed by atoms with Crippen LogP contribution >= 0.6 is 0 Å². The summed E-state index contributed by atoms with van der Waals surface area (Å²) in [7, 11) is 0. The van der Waals surface area contributed by atoms with Gasteiger partial charge >= 0.3 is 6.09 Å². The molecule has 0 N–H and O–H groups in total. The quantitative estimate of drug-likeness (QED) is 0.781. The number of carbonyl (C=O) groups is 1. The Bertz CT molecular complexity index is 578. The molecule has 0 unspecified atom stereocenters. The number of piperazine rings is 1. The molecule has 0 aromatic carbocycles. The third kappa shape index (κ3) is 4.18. The molecule has 1 aromatic heterocycles. The number of ether oxygens (including phenoxy) is 1. The van der Waals surface area contributed by atoms with Gasteiger partial charge in [-0.25, -0.2) is 9.78 Å². The molecule has 7 nitrogen and oxygen atoms in total. The van der Waals surface area contributed by atoms with E-state index >= 15 is 0 Å². The zero-order chi connectivity index (χ0) is 17.3. The molecule has 0 spiro atoms. The Kier molecular flexibility index (Phi) is 4.58. The van der Waals surface area contributed by atoms with E-state index in [0.717, 1.165) is 5.69 Å². The number of amides is 1. The van der Waals surface area contributed by atoms with Gasteiger partial charge in [-0.05, 0) is 51.9 Å². The Morgan fingerprint density at radius 2 is 2.00 bits per heavy atom.